The Morgan fingerprint density at radius 3 is 2.28 bits per heavy atom. The predicted molar refractivity (Wildman–Crippen MR) is 104 cm³/mol. The van der Waals surface area contributed by atoms with Crippen LogP contribution in [0.25, 0.3) is 0 Å². The summed E-state index contributed by atoms with van der Waals surface area (Å²) in [5.74, 6) is -1.23. The Kier molecular flexibility index (Phi) is 6.93. The van der Waals surface area contributed by atoms with Crippen molar-refractivity contribution >= 4 is 11.8 Å². The van der Waals surface area contributed by atoms with E-state index in [1.165, 1.54) is 24.3 Å². The van der Waals surface area contributed by atoms with Crippen LogP contribution in [0.2, 0.25) is 0 Å². The summed E-state index contributed by atoms with van der Waals surface area (Å²) in [5.41, 5.74) is 0.374. The molecule has 0 unspecified atom stereocenters. The van der Waals surface area contributed by atoms with Gasteiger partial charge in [0.15, 0.2) is 0 Å². The number of halogens is 2. The molecule has 29 heavy (non-hydrogen) atoms. The van der Waals surface area contributed by atoms with E-state index in [4.69, 9.17) is 4.74 Å². The Bertz CT molecular complexity index is 867. The van der Waals surface area contributed by atoms with Crippen molar-refractivity contribution in [2.45, 2.75) is 24.7 Å². The van der Waals surface area contributed by atoms with Crippen LogP contribution in [0.3, 0.4) is 0 Å². The van der Waals surface area contributed by atoms with E-state index in [1.54, 1.807) is 24.3 Å². The first-order valence-corrected chi connectivity index (χ1v) is 9.63. The molecule has 1 fully saturated rings. The summed E-state index contributed by atoms with van der Waals surface area (Å²) in [6.45, 7) is 1.34. The number of carbonyl (C=O) groups excluding carboxylic acids is 2. The summed E-state index contributed by atoms with van der Waals surface area (Å²) in [6, 6.07) is 12.0. The molecule has 0 saturated carbocycles. The molecule has 2 amide bonds. The maximum atomic E-state index is 13.7. The molecule has 1 saturated heterocycles. The summed E-state index contributed by atoms with van der Waals surface area (Å²) in [6.07, 6.45) is 0.999. The van der Waals surface area contributed by atoms with Crippen LogP contribution >= 0.6 is 0 Å². The normalized spacial score (nSPS) is 15.5. The Balaban J connectivity index is 1.53. The van der Waals surface area contributed by atoms with Gasteiger partial charge in [0.25, 0.3) is 0 Å². The van der Waals surface area contributed by atoms with Gasteiger partial charge in [-0.15, -0.1) is 0 Å². The predicted octanol–water partition coefficient (Wildman–Crippen LogP) is 2.49. The monoisotopic (exact) mass is 402 g/mol. The highest BCUT2D eigenvalue weighted by atomic mass is 19.1. The van der Waals surface area contributed by atoms with E-state index in [1.807, 2.05) is 0 Å². The van der Waals surface area contributed by atoms with Gasteiger partial charge in [-0.3, -0.25) is 9.59 Å². The first-order valence-electron chi connectivity index (χ1n) is 9.63. The highest BCUT2D eigenvalue weighted by Gasteiger charge is 2.41. The smallest absolute Gasteiger partial charge is 0.230 e. The van der Waals surface area contributed by atoms with Gasteiger partial charge >= 0.3 is 0 Å². The molecule has 2 aromatic carbocycles. The van der Waals surface area contributed by atoms with Crippen molar-refractivity contribution < 1.29 is 23.1 Å². The first-order chi connectivity index (χ1) is 14.0. The topological polar surface area (TPSA) is 67.4 Å². The third-order valence-corrected chi connectivity index (χ3v) is 5.14. The van der Waals surface area contributed by atoms with Gasteiger partial charge in [0.1, 0.15) is 11.6 Å². The molecule has 0 aromatic heterocycles. The summed E-state index contributed by atoms with van der Waals surface area (Å²) < 4.78 is 32.3. The van der Waals surface area contributed by atoms with Crippen LogP contribution in [0.15, 0.2) is 48.5 Å². The minimum absolute atomic E-state index is 0.0657. The zero-order valence-electron chi connectivity index (χ0n) is 16.0. The Labute approximate surface area is 168 Å². The van der Waals surface area contributed by atoms with Crippen LogP contribution in [0.4, 0.5) is 8.78 Å². The number of amides is 2. The van der Waals surface area contributed by atoms with Crippen LogP contribution in [0, 0.1) is 11.6 Å². The van der Waals surface area contributed by atoms with Crippen LogP contribution in [-0.4, -0.2) is 38.1 Å². The van der Waals surface area contributed by atoms with E-state index < -0.39 is 5.41 Å². The third-order valence-electron chi connectivity index (χ3n) is 5.14. The Morgan fingerprint density at radius 1 is 0.931 bits per heavy atom. The summed E-state index contributed by atoms with van der Waals surface area (Å²) in [7, 11) is 0. The van der Waals surface area contributed by atoms with Crippen molar-refractivity contribution in [3.8, 4) is 0 Å². The fourth-order valence-electron chi connectivity index (χ4n) is 3.59. The van der Waals surface area contributed by atoms with Crippen molar-refractivity contribution in [2.75, 3.05) is 26.3 Å². The fourth-order valence-corrected chi connectivity index (χ4v) is 3.59. The summed E-state index contributed by atoms with van der Waals surface area (Å²) in [4.78, 5) is 24.9. The van der Waals surface area contributed by atoms with Crippen LogP contribution in [0.5, 0.6) is 0 Å². The second-order valence-electron chi connectivity index (χ2n) is 7.12. The highest BCUT2D eigenvalue weighted by molar-refractivity contribution is 5.88. The molecule has 0 bridgehead atoms. The minimum Gasteiger partial charge on any atom is -0.381 e. The number of ether oxygens (including phenoxy) is 1. The van der Waals surface area contributed by atoms with Crippen molar-refractivity contribution in [2.24, 2.45) is 0 Å². The SMILES string of the molecule is O=C(Cc1cccc(F)c1)NCCNC(=O)C1(c2cccc(F)c2)CCOCC1. The standard InChI is InChI=1S/C22H24F2N2O3/c23-18-5-1-3-16(13-18)14-20(27)25-9-10-26-21(28)22(7-11-29-12-8-22)17-4-2-6-19(24)15-17/h1-6,13,15H,7-12,14H2,(H,25,27)(H,26,28). The first kappa shape index (κ1) is 20.9. The van der Waals surface area contributed by atoms with Gasteiger partial charge in [-0.2, -0.15) is 0 Å². The molecule has 154 valence electrons. The Hall–Kier alpha value is -2.80. The number of rotatable bonds is 7. The lowest BCUT2D eigenvalue weighted by Crippen LogP contribution is -2.49. The number of carbonyl (C=O) groups is 2. The average Bonchev–Trinajstić information content (AvgIpc) is 2.71. The van der Waals surface area contributed by atoms with Gasteiger partial charge in [-0.25, -0.2) is 8.78 Å². The number of benzene rings is 2. The zero-order valence-corrected chi connectivity index (χ0v) is 16.0. The number of nitrogens with one attached hydrogen (secondary N) is 2. The maximum absolute atomic E-state index is 13.7. The molecule has 3 rings (SSSR count). The highest BCUT2D eigenvalue weighted by Crippen LogP contribution is 2.35. The second-order valence-corrected chi connectivity index (χ2v) is 7.12. The molecule has 1 heterocycles. The molecule has 1 aliphatic rings. The third kappa shape index (κ3) is 5.38. The molecule has 0 spiro atoms. The molecule has 2 aromatic rings. The van der Waals surface area contributed by atoms with Crippen molar-refractivity contribution in [3.05, 3.63) is 71.3 Å². The van der Waals surface area contributed by atoms with Gasteiger partial charge in [0.2, 0.25) is 11.8 Å². The van der Waals surface area contributed by atoms with E-state index in [0.29, 0.717) is 37.2 Å². The molecular weight excluding hydrogens is 378 g/mol. The average molecular weight is 402 g/mol. The van der Waals surface area contributed by atoms with E-state index in [2.05, 4.69) is 10.6 Å². The van der Waals surface area contributed by atoms with Crippen molar-refractivity contribution in [1.82, 2.24) is 10.6 Å². The summed E-state index contributed by atoms with van der Waals surface area (Å²) >= 11 is 0. The Morgan fingerprint density at radius 2 is 1.59 bits per heavy atom. The lowest BCUT2D eigenvalue weighted by molar-refractivity contribution is -0.130. The minimum atomic E-state index is -0.841. The van der Waals surface area contributed by atoms with Crippen LogP contribution in [-0.2, 0) is 26.2 Å². The molecule has 1 aliphatic heterocycles. The van der Waals surface area contributed by atoms with Crippen LogP contribution < -0.4 is 10.6 Å². The zero-order chi connectivity index (χ0) is 20.7. The fraction of sp³-hybridized carbons (Fsp3) is 0.364. The molecule has 5 nitrogen and oxygen atoms in total. The summed E-state index contributed by atoms with van der Waals surface area (Å²) in [5, 5.41) is 5.56. The maximum Gasteiger partial charge on any atom is 0.230 e. The lowest BCUT2D eigenvalue weighted by atomic mass is 9.73. The van der Waals surface area contributed by atoms with E-state index in [9.17, 15) is 18.4 Å². The second kappa shape index (κ2) is 9.60. The number of hydrogen-bond donors (Lipinski definition) is 2. The number of hydrogen-bond acceptors (Lipinski definition) is 3. The largest absolute Gasteiger partial charge is 0.381 e. The van der Waals surface area contributed by atoms with E-state index in [-0.39, 0.29) is 43.0 Å². The van der Waals surface area contributed by atoms with Gasteiger partial charge in [0.05, 0.1) is 11.8 Å². The quantitative estimate of drug-likeness (QED) is 0.700. The lowest BCUT2D eigenvalue weighted by Gasteiger charge is -2.36. The molecule has 0 atom stereocenters. The van der Waals surface area contributed by atoms with Gasteiger partial charge < -0.3 is 15.4 Å². The molecule has 0 aliphatic carbocycles. The van der Waals surface area contributed by atoms with Crippen molar-refractivity contribution in [3.63, 3.8) is 0 Å². The molecule has 2 N–H and O–H groups in total. The van der Waals surface area contributed by atoms with Crippen LogP contribution in [0.1, 0.15) is 24.0 Å². The van der Waals surface area contributed by atoms with E-state index >= 15 is 0 Å². The molecule has 0 radical (unpaired) electrons. The van der Waals surface area contributed by atoms with Gasteiger partial charge in [-0.1, -0.05) is 24.3 Å². The van der Waals surface area contributed by atoms with E-state index in [0.717, 1.165) is 0 Å². The molecule has 7 heteroatoms. The van der Waals surface area contributed by atoms with Gasteiger partial charge in [-0.05, 0) is 48.2 Å². The molecular formula is C22H24F2N2O3. The van der Waals surface area contributed by atoms with Gasteiger partial charge in [0, 0.05) is 26.3 Å². The van der Waals surface area contributed by atoms with Crippen molar-refractivity contribution in [1.29, 1.82) is 0 Å².